The number of halogens is 1. The molecule has 0 fully saturated rings. The molecule has 1 amide bonds. The highest BCUT2D eigenvalue weighted by Crippen LogP contribution is 2.17. The monoisotopic (exact) mass is 287 g/mol. The van der Waals surface area contributed by atoms with Gasteiger partial charge in [-0.3, -0.25) is 4.79 Å². The summed E-state index contributed by atoms with van der Waals surface area (Å²) >= 11 is 0. The highest BCUT2D eigenvalue weighted by molar-refractivity contribution is 5.91. The Bertz CT molecular complexity index is 613. The first-order valence-electron chi connectivity index (χ1n) is 6.67. The largest absolute Gasteiger partial charge is 0.399 e. The molecular weight excluding hydrogens is 269 g/mol. The molecule has 2 aromatic carbocycles. The van der Waals surface area contributed by atoms with Gasteiger partial charge in [0.1, 0.15) is 5.82 Å². The lowest BCUT2D eigenvalue weighted by molar-refractivity contribution is -0.116. The van der Waals surface area contributed by atoms with Crippen LogP contribution in [-0.2, 0) is 4.79 Å². The summed E-state index contributed by atoms with van der Waals surface area (Å²) in [6, 6.07) is 13.4. The molecule has 0 aliphatic heterocycles. The molecule has 0 saturated heterocycles. The van der Waals surface area contributed by atoms with E-state index in [0.717, 1.165) is 0 Å². The molecule has 21 heavy (non-hydrogen) atoms. The normalized spacial score (nSPS) is 10.2. The molecule has 0 radical (unpaired) electrons. The third-order valence-corrected chi connectivity index (χ3v) is 3.13. The Morgan fingerprint density at radius 2 is 1.86 bits per heavy atom. The molecule has 3 N–H and O–H groups in total. The van der Waals surface area contributed by atoms with Crippen LogP contribution in [0.4, 0.5) is 21.5 Å². The molecule has 5 heteroatoms. The number of nitrogens with one attached hydrogen (secondary N) is 1. The van der Waals surface area contributed by atoms with Gasteiger partial charge in [-0.2, -0.15) is 0 Å². The van der Waals surface area contributed by atoms with E-state index in [4.69, 9.17) is 5.73 Å². The fraction of sp³-hybridized carbons (Fsp3) is 0.188. The van der Waals surface area contributed by atoms with E-state index >= 15 is 0 Å². The van der Waals surface area contributed by atoms with Gasteiger partial charge in [-0.15, -0.1) is 0 Å². The SMILES string of the molecule is CN(CCC(=O)Nc1ccc(N)cc1)c1ccccc1F. The molecule has 0 atom stereocenters. The molecule has 4 nitrogen and oxygen atoms in total. The number of nitrogen functional groups attached to an aromatic ring is 1. The Hall–Kier alpha value is -2.56. The van der Waals surface area contributed by atoms with Crippen molar-refractivity contribution in [1.82, 2.24) is 0 Å². The van der Waals surface area contributed by atoms with E-state index in [-0.39, 0.29) is 18.1 Å². The number of anilines is 3. The first-order valence-corrected chi connectivity index (χ1v) is 6.67. The third-order valence-electron chi connectivity index (χ3n) is 3.13. The van der Waals surface area contributed by atoms with Gasteiger partial charge in [-0.05, 0) is 36.4 Å². The summed E-state index contributed by atoms with van der Waals surface area (Å²) < 4.78 is 13.6. The van der Waals surface area contributed by atoms with E-state index in [9.17, 15) is 9.18 Å². The zero-order chi connectivity index (χ0) is 15.2. The predicted octanol–water partition coefficient (Wildman–Crippen LogP) is 2.87. The molecule has 0 aromatic heterocycles. The smallest absolute Gasteiger partial charge is 0.226 e. The molecule has 0 bridgehead atoms. The number of carbonyl (C=O) groups excluding carboxylic acids is 1. The highest BCUT2D eigenvalue weighted by Gasteiger charge is 2.09. The van der Waals surface area contributed by atoms with Crippen LogP contribution >= 0.6 is 0 Å². The predicted molar refractivity (Wildman–Crippen MR) is 83.8 cm³/mol. The first kappa shape index (κ1) is 14.8. The van der Waals surface area contributed by atoms with E-state index in [1.54, 1.807) is 54.4 Å². The average Bonchev–Trinajstić information content (AvgIpc) is 2.48. The van der Waals surface area contributed by atoms with Crippen molar-refractivity contribution in [2.75, 3.05) is 29.5 Å². The van der Waals surface area contributed by atoms with Crippen molar-refractivity contribution in [2.45, 2.75) is 6.42 Å². The van der Waals surface area contributed by atoms with Crippen molar-refractivity contribution in [1.29, 1.82) is 0 Å². The van der Waals surface area contributed by atoms with E-state index < -0.39 is 0 Å². The summed E-state index contributed by atoms with van der Waals surface area (Å²) in [5.41, 5.74) is 7.41. The second-order valence-electron chi connectivity index (χ2n) is 4.79. The van der Waals surface area contributed by atoms with Crippen LogP contribution in [0.1, 0.15) is 6.42 Å². The molecule has 0 aliphatic carbocycles. The number of benzene rings is 2. The van der Waals surface area contributed by atoms with Crippen molar-refractivity contribution in [3.05, 3.63) is 54.3 Å². The van der Waals surface area contributed by atoms with Gasteiger partial charge in [0.05, 0.1) is 5.69 Å². The molecule has 0 heterocycles. The minimum absolute atomic E-state index is 0.122. The Morgan fingerprint density at radius 3 is 2.52 bits per heavy atom. The maximum absolute atomic E-state index is 13.6. The van der Waals surface area contributed by atoms with Crippen LogP contribution < -0.4 is 16.0 Å². The lowest BCUT2D eigenvalue weighted by Crippen LogP contribution is -2.24. The summed E-state index contributed by atoms with van der Waals surface area (Å²) in [6.07, 6.45) is 0.273. The van der Waals surface area contributed by atoms with Gasteiger partial charge in [0.15, 0.2) is 0 Å². The Morgan fingerprint density at radius 1 is 1.19 bits per heavy atom. The fourth-order valence-corrected chi connectivity index (χ4v) is 1.94. The number of rotatable bonds is 5. The van der Waals surface area contributed by atoms with Gasteiger partial charge in [0.2, 0.25) is 5.91 Å². The average molecular weight is 287 g/mol. The number of hydrogen-bond acceptors (Lipinski definition) is 3. The zero-order valence-corrected chi connectivity index (χ0v) is 11.8. The highest BCUT2D eigenvalue weighted by atomic mass is 19.1. The number of para-hydroxylation sites is 1. The minimum atomic E-state index is -0.293. The van der Waals surface area contributed by atoms with Crippen LogP contribution in [0.5, 0.6) is 0 Å². The summed E-state index contributed by atoms with van der Waals surface area (Å²) in [5.74, 6) is -0.415. The summed E-state index contributed by atoms with van der Waals surface area (Å²) in [5, 5.41) is 2.78. The fourth-order valence-electron chi connectivity index (χ4n) is 1.94. The molecule has 0 unspecified atom stereocenters. The number of nitrogens with zero attached hydrogens (tertiary/aromatic N) is 1. The van der Waals surface area contributed by atoms with Crippen molar-refractivity contribution in [2.24, 2.45) is 0 Å². The van der Waals surface area contributed by atoms with Gasteiger partial charge >= 0.3 is 0 Å². The van der Waals surface area contributed by atoms with Crippen LogP contribution in [0, 0.1) is 5.82 Å². The minimum Gasteiger partial charge on any atom is -0.399 e. The molecule has 2 rings (SSSR count). The molecule has 0 saturated carbocycles. The van der Waals surface area contributed by atoms with E-state index in [0.29, 0.717) is 23.6 Å². The summed E-state index contributed by atoms with van der Waals surface area (Å²) in [4.78, 5) is 13.6. The van der Waals surface area contributed by atoms with Gasteiger partial charge < -0.3 is 16.0 Å². The Kier molecular flexibility index (Phi) is 4.77. The molecule has 0 spiro atoms. The van der Waals surface area contributed by atoms with Gasteiger partial charge in [-0.25, -0.2) is 4.39 Å². The van der Waals surface area contributed by atoms with Crippen molar-refractivity contribution in [3.63, 3.8) is 0 Å². The summed E-state index contributed by atoms with van der Waals surface area (Å²) in [6.45, 7) is 0.432. The van der Waals surface area contributed by atoms with Crippen LogP contribution in [0.15, 0.2) is 48.5 Å². The third kappa shape index (κ3) is 4.21. The zero-order valence-electron chi connectivity index (χ0n) is 11.8. The van der Waals surface area contributed by atoms with Crippen LogP contribution in [-0.4, -0.2) is 19.5 Å². The van der Waals surface area contributed by atoms with Crippen LogP contribution in [0.25, 0.3) is 0 Å². The van der Waals surface area contributed by atoms with Crippen molar-refractivity contribution < 1.29 is 9.18 Å². The number of nitrogens with two attached hydrogens (primary N) is 1. The van der Waals surface area contributed by atoms with Gasteiger partial charge in [0.25, 0.3) is 0 Å². The van der Waals surface area contributed by atoms with Crippen molar-refractivity contribution in [3.8, 4) is 0 Å². The Balaban J connectivity index is 1.86. The van der Waals surface area contributed by atoms with E-state index in [2.05, 4.69) is 5.32 Å². The maximum Gasteiger partial charge on any atom is 0.226 e. The van der Waals surface area contributed by atoms with E-state index in [1.807, 2.05) is 0 Å². The molecular formula is C16H18FN3O. The van der Waals surface area contributed by atoms with E-state index in [1.165, 1.54) is 6.07 Å². The van der Waals surface area contributed by atoms with Gasteiger partial charge in [-0.1, -0.05) is 12.1 Å². The number of hydrogen-bond donors (Lipinski definition) is 2. The molecule has 2 aromatic rings. The summed E-state index contributed by atoms with van der Waals surface area (Å²) in [7, 11) is 1.76. The molecule has 110 valence electrons. The van der Waals surface area contributed by atoms with Crippen molar-refractivity contribution >= 4 is 23.0 Å². The number of carbonyl (C=O) groups is 1. The lowest BCUT2D eigenvalue weighted by Gasteiger charge is -2.19. The lowest BCUT2D eigenvalue weighted by atomic mass is 10.2. The Labute approximate surface area is 123 Å². The quantitative estimate of drug-likeness (QED) is 0.831. The van der Waals surface area contributed by atoms with Crippen LogP contribution in [0.3, 0.4) is 0 Å². The van der Waals surface area contributed by atoms with Gasteiger partial charge in [0, 0.05) is 31.4 Å². The standard InChI is InChI=1S/C16H18FN3O/c1-20(15-5-3-2-4-14(15)17)11-10-16(21)19-13-8-6-12(18)7-9-13/h2-9H,10-11,18H2,1H3,(H,19,21). The number of amides is 1. The second kappa shape index (κ2) is 6.74. The first-order chi connectivity index (χ1) is 10.1. The van der Waals surface area contributed by atoms with Crippen LogP contribution in [0.2, 0.25) is 0 Å². The molecule has 0 aliphatic rings. The second-order valence-corrected chi connectivity index (χ2v) is 4.79. The maximum atomic E-state index is 13.6. The topological polar surface area (TPSA) is 58.4 Å².